The minimum Gasteiger partial charge on any atom is -0.322 e. The molecule has 1 amide bonds. The number of amides is 1. The Balaban J connectivity index is 1.58. The van der Waals surface area contributed by atoms with Gasteiger partial charge in [-0.2, -0.15) is 0 Å². The lowest BCUT2D eigenvalue weighted by atomic mass is 10.1. The maximum atomic E-state index is 12.9. The van der Waals surface area contributed by atoms with E-state index in [2.05, 4.69) is 41.8 Å². The third-order valence-corrected chi connectivity index (χ3v) is 5.66. The fraction of sp³-hybridized carbons (Fsp3) is 0.0500. The fourth-order valence-electron chi connectivity index (χ4n) is 2.66. The summed E-state index contributed by atoms with van der Waals surface area (Å²) in [5.41, 5.74) is 2.94. The van der Waals surface area contributed by atoms with Gasteiger partial charge in [-0.05, 0) is 71.4 Å². The molecular weight excluding hydrogens is 452 g/mol. The Morgan fingerprint density at radius 1 is 1.14 bits per heavy atom. The number of rotatable bonds is 5. The third kappa shape index (κ3) is 4.52. The van der Waals surface area contributed by atoms with Crippen LogP contribution in [-0.4, -0.2) is 31.1 Å². The molecule has 2 heterocycles. The molecule has 0 saturated heterocycles. The zero-order valence-electron chi connectivity index (χ0n) is 15.3. The number of anilines is 1. The van der Waals surface area contributed by atoms with Crippen LogP contribution in [0.2, 0.25) is 0 Å². The normalized spacial score (nSPS) is 10.7. The van der Waals surface area contributed by atoms with Crippen molar-refractivity contribution < 1.29 is 4.79 Å². The zero-order valence-corrected chi connectivity index (χ0v) is 17.7. The van der Waals surface area contributed by atoms with E-state index < -0.39 is 0 Å². The molecule has 0 radical (unpaired) electrons. The molecule has 0 atom stereocenters. The molecule has 0 unspecified atom stereocenters. The monoisotopic (exact) mass is 466 g/mol. The summed E-state index contributed by atoms with van der Waals surface area (Å²) in [5, 5.41) is 14.8. The van der Waals surface area contributed by atoms with Crippen LogP contribution in [-0.2, 0) is 0 Å². The van der Waals surface area contributed by atoms with Gasteiger partial charge in [0.1, 0.15) is 11.4 Å². The predicted octanol–water partition coefficient (Wildman–Crippen LogP) is 4.53. The summed E-state index contributed by atoms with van der Waals surface area (Å²) in [6.07, 6.45) is 3.20. The topological polar surface area (TPSA) is 85.6 Å². The second kappa shape index (κ2) is 8.54. The molecule has 0 bridgehead atoms. The van der Waals surface area contributed by atoms with Gasteiger partial charge in [-0.1, -0.05) is 33.8 Å². The van der Waals surface area contributed by atoms with Crippen molar-refractivity contribution in [3.63, 3.8) is 0 Å². The molecule has 0 fully saturated rings. The molecule has 0 spiro atoms. The quantitative estimate of drug-likeness (QED) is 0.464. The number of halogens is 1. The molecule has 4 rings (SSSR count). The number of pyridine rings is 1. The van der Waals surface area contributed by atoms with E-state index in [1.807, 2.05) is 49.4 Å². The van der Waals surface area contributed by atoms with Gasteiger partial charge in [0, 0.05) is 21.3 Å². The molecule has 0 aliphatic rings. The first-order chi connectivity index (χ1) is 14.1. The molecule has 2 aromatic heterocycles. The SMILES string of the molecule is Cc1ccc(NC(=O)c2cccnc2Sc2ccc(Br)cc2)cc1-n1cnnn1. The van der Waals surface area contributed by atoms with E-state index in [-0.39, 0.29) is 5.91 Å². The van der Waals surface area contributed by atoms with Crippen LogP contribution >= 0.6 is 27.7 Å². The molecule has 0 aliphatic carbocycles. The van der Waals surface area contributed by atoms with Gasteiger partial charge in [0.2, 0.25) is 0 Å². The van der Waals surface area contributed by atoms with Crippen LogP contribution in [0.3, 0.4) is 0 Å². The Labute approximate surface area is 179 Å². The largest absolute Gasteiger partial charge is 0.322 e. The molecule has 0 aliphatic heterocycles. The number of carbonyl (C=O) groups excluding carboxylic acids is 1. The summed E-state index contributed by atoms with van der Waals surface area (Å²) in [7, 11) is 0. The Kier molecular flexibility index (Phi) is 5.68. The van der Waals surface area contributed by atoms with E-state index in [4.69, 9.17) is 0 Å². The van der Waals surface area contributed by atoms with Gasteiger partial charge in [-0.3, -0.25) is 4.79 Å². The van der Waals surface area contributed by atoms with Crippen LogP contribution in [0.4, 0.5) is 5.69 Å². The van der Waals surface area contributed by atoms with E-state index >= 15 is 0 Å². The van der Waals surface area contributed by atoms with Crippen molar-refractivity contribution in [2.45, 2.75) is 16.8 Å². The molecule has 144 valence electrons. The van der Waals surface area contributed by atoms with Crippen molar-refractivity contribution in [2.24, 2.45) is 0 Å². The number of hydrogen-bond donors (Lipinski definition) is 1. The highest BCUT2D eigenvalue weighted by Crippen LogP contribution is 2.30. The number of aromatic nitrogens is 5. The summed E-state index contributed by atoms with van der Waals surface area (Å²) in [6.45, 7) is 1.96. The number of nitrogens with one attached hydrogen (secondary N) is 1. The van der Waals surface area contributed by atoms with Crippen molar-refractivity contribution in [3.8, 4) is 5.69 Å². The van der Waals surface area contributed by atoms with E-state index in [9.17, 15) is 4.79 Å². The average molecular weight is 467 g/mol. The van der Waals surface area contributed by atoms with Gasteiger partial charge >= 0.3 is 0 Å². The van der Waals surface area contributed by atoms with E-state index in [1.54, 1.807) is 23.0 Å². The van der Waals surface area contributed by atoms with Crippen molar-refractivity contribution >= 4 is 39.3 Å². The van der Waals surface area contributed by atoms with Crippen molar-refractivity contribution in [1.29, 1.82) is 0 Å². The number of nitrogens with zero attached hydrogens (tertiary/aromatic N) is 5. The highest BCUT2D eigenvalue weighted by molar-refractivity contribution is 9.10. The van der Waals surface area contributed by atoms with E-state index in [0.717, 1.165) is 20.6 Å². The number of tetrazole rings is 1. The van der Waals surface area contributed by atoms with Gasteiger partial charge < -0.3 is 5.32 Å². The molecule has 1 N–H and O–H groups in total. The van der Waals surface area contributed by atoms with Crippen LogP contribution in [0, 0.1) is 6.92 Å². The van der Waals surface area contributed by atoms with Gasteiger partial charge in [-0.15, -0.1) is 5.10 Å². The van der Waals surface area contributed by atoms with Crippen LogP contribution < -0.4 is 5.32 Å². The minimum absolute atomic E-state index is 0.232. The Bertz CT molecular complexity index is 1150. The second-order valence-electron chi connectivity index (χ2n) is 6.12. The summed E-state index contributed by atoms with van der Waals surface area (Å²) < 4.78 is 2.56. The third-order valence-electron chi connectivity index (χ3n) is 4.11. The summed E-state index contributed by atoms with van der Waals surface area (Å²) in [4.78, 5) is 18.3. The molecule has 4 aromatic rings. The first kappa shape index (κ1) is 19.3. The van der Waals surface area contributed by atoms with E-state index in [0.29, 0.717) is 16.3 Å². The summed E-state index contributed by atoms with van der Waals surface area (Å²) in [5.74, 6) is -0.232. The van der Waals surface area contributed by atoms with Crippen LogP contribution in [0.15, 0.2) is 81.5 Å². The maximum Gasteiger partial charge on any atom is 0.258 e. The lowest BCUT2D eigenvalue weighted by Gasteiger charge is -2.11. The van der Waals surface area contributed by atoms with Gasteiger partial charge in [0.15, 0.2) is 0 Å². The highest BCUT2D eigenvalue weighted by atomic mass is 79.9. The van der Waals surface area contributed by atoms with Gasteiger partial charge in [-0.25, -0.2) is 9.67 Å². The number of aryl methyl sites for hydroxylation is 1. The number of carbonyl (C=O) groups is 1. The first-order valence-corrected chi connectivity index (χ1v) is 10.2. The lowest BCUT2D eigenvalue weighted by molar-refractivity contribution is 0.102. The maximum absolute atomic E-state index is 12.9. The van der Waals surface area contributed by atoms with Crippen molar-refractivity contribution in [2.75, 3.05) is 5.32 Å². The molecular formula is C20H15BrN6OS. The molecule has 0 saturated carbocycles. The number of benzene rings is 2. The predicted molar refractivity (Wildman–Crippen MR) is 114 cm³/mol. The number of hydrogen-bond acceptors (Lipinski definition) is 6. The Morgan fingerprint density at radius 3 is 2.72 bits per heavy atom. The first-order valence-electron chi connectivity index (χ1n) is 8.64. The van der Waals surface area contributed by atoms with Crippen molar-refractivity contribution in [1.82, 2.24) is 25.2 Å². The molecule has 29 heavy (non-hydrogen) atoms. The summed E-state index contributed by atoms with van der Waals surface area (Å²) in [6, 6.07) is 17.0. The standard InChI is InChI=1S/C20H15BrN6OS/c1-13-4-7-15(11-18(13)27-12-23-25-26-27)24-19(28)17-3-2-10-22-20(17)29-16-8-5-14(21)6-9-16/h2-12H,1H3,(H,24,28). The fourth-order valence-corrected chi connectivity index (χ4v) is 3.81. The highest BCUT2D eigenvalue weighted by Gasteiger charge is 2.15. The summed E-state index contributed by atoms with van der Waals surface area (Å²) >= 11 is 4.87. The molecule has 7 nitrogen and oxygen atoms in total. The lowest BCUT2D eigenvalue weighted by Crippen LogP contribution is -2.14. The smallest absolute Gasteiger partial charge is 0.258 e. The van der Waals surface area contributed by atoms with Crippen LogP contribution in [0.5, 0.6) is 0 Å². The zero-order chi connectivity index (χ0) is 20.2. The van der Waals surface area contributed by atoms with E-state index in [1.165, 1.54) is 18.1 Å². The Hall–Kier alpha value is -3.04. The average Bonchev–Trinajstić information content (AvgIpc) is 3.26. The second-order valence-corrected chi connectivity index (χ2v) is 8.10. The van der Waals surface area contributed by atoms with Gasteiger partial charge in [0.05, 0.1) is 11.3 Å². The van der Waals surface area contributed by atoms with Crippen LogP contribution in [0.1, 0.15) is 15.9 Å². The minimum atomic E-state index is -0.232. The van der Waals surface area contributed by atoms with Crippen LogP contribution in [0.25, 0.3) is 5.69 Å². The van der Waals surface area contributed by atoms with Crippen molar-refractivity contribution in [3.05, 3.63) is 82.7 Å². The molecule has 9 heteroatoms. The Morgan fingerprint density at radius 2 is 1.97 bits per heavy atom. The van der Waals surface area contributed by atoms with Gasteiger partial charge in [0.25, 0.3) is 5.91 Å². The molecule has 2 aromatic carbocycles.